The van der Waals surface area contributed by atoms with Gasteiger partial charge < -0.3 is 5.32 Å². The Balaban J connectivity index is 1.68. The minimum absolute atomic E-state index is 0.107. The molecular weight excluding hydrogens is 384 g/mol. The minimum Gasteiger partial charge on any atom is -0.309 e. The summed E-state index contributed by atoms with van der Waals surface area (Å²) in [7, 11) is 0. The van der Waals surface area contributed by atoms with Crippen molar-refractivity contribution in [3.63, 3.8) is 0 Å². The lowest BCUT2D eigenvalue weighted by Crippen LogP contribution is -2.19. The molecule has 3 aromatic rings. The van der Waals surface area contributed by atoms with Gasteiger partial charge in [-0.1, -0.05) is 17.7 Å². The van der Waals surface area contributed by atoms with Crippen LogP contribution < -0.4 is 5.32 Å². The van der Waals surface area contributed by atoms with Crippen LogP contribution in [0.1, 0.15) is 36.4 Å². The number of hydrogen-bond acceptors (Lipinski definition) is 3. The quantitative estimate of drug-likeness (QED) is 0.655. The first kappa shape index (κ1) is 19.9. The van der Waals surface area contributed by atoms with Gasteiger partial charge in [0.15, 0.2) is 5.82 Å². The van der Waals surface area contributed by atoms with Crippen LogP contribution in [0.15, 0.2) is 48.0 Å². The van der Waals surface area contributed by atoms with Gasteiger partial charge in [0.1, 0.15) is 17.3 Å². The van der Waals surface area contributed by atoms with E-state index < -0.39 is 0 Å². The molecule has 6 heteroatoms. The highest BCUT2D eigenvalue weighted by atomic mass is 19.1. The predicted octanol–water partition coefficient (Wildman–Crippen LogP) is 5.12. The number of halogens is 2. The van der Waals surface area contributed by atoms with Crippen LogP contribution in [0.5, 0.6) is 0 Å². The van der Waals surface area contributed by atoms with Crippen LogP contribution in [0.3, 0.4) is 0 Å². The Labute approximate surface area is 173 Å². The first-order chi connectivity index (χ1) is 14.4. The Morgan fingerprint density at radius 2 is 1.77 bits per heavy atom. The maximum Gasteiger partial charge on any atom is 0.230 e. The first-order valence-electron chi connectivity index (χ1n) is 9.78. The number of amides is 1. The number of carbonyl (C=O) groups is 1. The number of benzene rings is 2. The summed E-state index contributed by atoms with van der Waals surface area (Å²) in [6, 6.07) is 10.5. The molecule has 1 aromatic heterocycles. The standard InChI is InChI=1S/C24H21F2N3O/c1-14(2)11-21-24(29-22(30)12-15-3-6-17(25)7-4-15)28-20-10-5-16-13-18(26)8-9-19(16)23(20)27-21/h3-4,6-9,11,13H,5,10,12H2,1-2H3,(H,28,29,30). The number of aromatic nitrogens is 2. The molecule has 30 heavy (non-hydrogen) atoms. The Hall–Kier alpha value is -3.41. The van der Waals surface area contributed by atoms with E-state index in [-0.39, 0.29) is 24.0 Å². The first-order valence-corrected chi connectivity index (χ1v) is 9.78. The van der Waals surface area contributed by atoms with Crippen molar-refractivity contribution in [2.75, 3.05) is 5.32 Å². The highest BCUT2D eigenvalue weighted by Gasteiger charge is 2.22. The average molecular weight is 405 g/mol. The molecule has 0 fully saturated rings. The van der Waals surface area contributed by atoms with Crippen molar-refractivity contribution in [2.24, 2.45) is 0 Å². The van der Waals surface area contributed by atoms with Gasteiger partial charge in [0.05, 0.1) is 17.8 Å². The third-order valence-corrected chi connectivity index (χ3v) is 4.91. The number of hydrogen-bond donors (Lipinski definition) is 1. The molecule has 2 aromatic carbocycles. The van der Waals surface area contributed by atoms with Crippen molar-refractivity contribution < 1.29 is 13.6 Å². The summed E-state index contributed by atoms with van der Waals surface area (Å²) in [6.45, 7) is 3.88. The zero-order valence-electron chi connectivity index (χ0n) is 16.8. The molecule has 0 saturated carbocycles. The second-order valence-electron chi connectivity index (χ2n) is 7.63. The SMILES string of the molecule is CC(C)=Cc1nc2c(nc1NC(=O)Cc1ccc(F)cc1)CCc1cc(F)ccc1-2. The number of fused-ring (bicyclic) bond motifs is 3. The van der Waals surface area contributed by atoms with E-state index in [1.165, 1.54) is 18.2 Å². The summed E-state index contributed by atoms with van der Waals surface area (Å²) in [4.78, 5) is 22.0. The lowest BCUT2D eigenvalue weighted by Gasteiger charge is -2.20. The molecule has 1 amide bonds. The molecule has 0 spiro atoms. The van der Waals surface area contributed by atoms with Crippen molar-refractivity contribution in [2.45, 2.75) is 33.1 Å². The van der Waals surface area contributed by atoms with E-state index in [1.54, 1.807) is 24.3 Å². The van der Waals surface area contributed by atoms with Crippen molar-refractivity contribution in [3.05, 3.63) is 82.2 Å². The van der Waals surface area contributed by atoms with Crippen LogP contribution >= 0.6 is 0 Å². The van der Waals surface area contributed by atoms with Gasteiger partial charge in [-0.2, -0.15) is 0 Å². The molecule has 0 aliphatic heterocycles. The number of allylic oxidation sites excluding steroid dienone is 1. The molecule has 152 valence electrons. The monoisotopic (exact) mass is 405 g/mol. The third-order valence-electron chi connectivity index (χ3n) is 4.91. The number of nitrogens with one attached hydrogen (secondary N) is 1. The summed E-state index contributed by atoms with van der Waals surface area (Å²) < 4.78 is 26.7. The van der Waals surface area contributed by atoms with Crippen LogP contribution in [-0.4, -0.2) is 15.9 Å². The number of nitrogens with zero attached hydrogens (tertiary/aromatic N) is 2. The van der Waals surface area contributed by atoms with E-state index in [0.717, 1.165) is 28.1 Å². The predicted molar refractivity (Wildman–Crippen MR) is 113 cm³/mol. The van der Waals surface area contributed by atoms with Gasteiger partial charge in [0, 0.05) is 5.56 Å². The lowest BCUT2D eigenvalue weighted by molar-refractivity contribution is -0.115. The molecule has 0 unspecified atom stereocenters. The molecule has 4 rings (SSSR count). The van der Waals surface area contributed by atoms with E-state index >= 15 is 0 Å². The molecule has 1 aliphatic rings. The Kier molecular flexibility index (Phi) is 5.40. The summed E-state index contributed by atoms with van der Waals surface area (Å²) in [5.74, 6) is -0.463. The number of rotatable bonds is 4. The van der Waals surface area contributed by atoms with Crippen LogP contribution in [-0.2, 0) is 24.1 Å². The van der Waals surface area contributed by atoms with Crippen molar-refractivity contribution in [1.29, 1.82) is 0 Å². The molecule has 1 aliphatic carbocycles. The minimum atomic E-state index is -0.342. The number of carbonyl (C=O) groups excluding carboxylic acids is 1. The molecule has 1 heterocycles. The van der Waals surface area contributed by atoms with Crippen molar-refractivity contribution >= 4 is 17.8 Å². The highest BCUT2D eigenvalue weighted by Crippen LogP contribution is 2.33. The summed E-state index contributed by atoms with van der Waals surface area (Å²) in [5, 5.41) is 2.85. The van der Waals surface area contributed by atoms with Gasteiger partial charge in [0.2, 0.25) is 5.91 Å². The zero-order valence-corrected chi connectivity index (χ0v) is 16.8. The molecule has 0 saturated heterocycles. The van der Waals surface area contributed by atoms with Crippen LogP contribution in [0.25, 0.3) is 17.3 Å². The molecule has 4 nitrogen and oxygen atoms in total. The van der Waals surface area contributed by atoms with Gasteiger partial charge in [-0.05, 0) is 74.2 Å². The molecule has 0 bridgehead atoms. The normalized spacial score (nSPS) is 12.0. The van der Waals surface area contributed by atoms with Crippen LogP contribution in [0.2, 0.25) is 0 Å². The lowest BCUT2D eigenvalue weighted by atomic mass is 9.91. The van der Waals surface area contributed by atoms with Gasteiger partial charge in [0.25, 0.3) is 0 Å². The van der Waals surface area contributed by atoms with E-state index in [1.807, 2.05) is 19.9 Å². The van der Waals surface area contributed by atoms with Crippen molar-refractivity contribution in [3.8, 4) is 11.3 Å². The fraction of sp³-hybridized carbons (Fsp3) is 0.208. The van der Waals surface area contributed by atoms with Gasteiger partial charge >= 0.3 is 0 Å². The number of anilines is 1. The molecule has 0 radical (unpaired) electrons. The largest absolute Gasteiger partial charge is 0.309 e. The van der Waals surface area contributed by atoms with Crippen LogP contribution in [0.4, 0.5) is 14.6 Å². The molecule has 1 N–H and O–H groups in total. The van der Waals surface area contributed by atoms with Crippen molar-refractivity contribution in [1.82, 2.24) is 9.97 Å². The smallest absolute Gasteiger partial charge is 0.230 e. The topological polar surface area (TPSA) is 54.9 Å². The van der Waals surface area contributed by atoms with E-state index in [2.05, 4.69) is 5.32 Å². The summed E-state index contributed by atoms with van der Waals surface area (Å²) in [5.41, 5.74) is 5.55. The fourth-order valence-electron chi connectivity index (χ4n) is 3.56. The Morgan fingerprint density at radius 1 is 1.03 bits per heavy atom. The molecular formula is C24H21F2N3O. The highest BCUT2D eigenvalue weighted by molar-refractivity contribution is 5.93. The Bertz CT molecular complexity index is 1150. The second-order valence-corrected chi connectivity index (χ2v) is 7.63. The average Bonchev–Trinajstić information content (AvgIpc) is 2.69. The summed E-state index contributed by atoms with van der Waals surface area (Å²) >= 11 is 0. The zero-order chi connectivity index (χ0) is 21.3. The van der Waals surface area contributed by atoms with Crippen LogP contribution in [0, 0.1) is 11.6 Å². The fourth-order valence-corrected chi connectivity index (χ4v) is 3.56. The van der Waals surface area contributed by atoms with E-state index in [0.29, 0.717) is 29.9 Å². The number of aryl methyl sites for hydroxylation is 2. The van der Waals surface area contributed by atoms with E-state index in [4.69, 9.17) is 9.97 Å². The van der Waals surface area contributed by atoms with E-state index in [9.17, 15) is 13.6 Å². The van der Waals surface area contributed by atoms with Gasteiger partial charge in [-0.25, -0.2) is 18.7 Å². The van der Waals surface area contributed by atoms with Gasteiger partial charge in [-0.3, -0.25) is 4.79 Å². The third kappa shape index (κ3) is 4.27. The second kappa shape index (κ2) is 8.14. The summed E-state index contributed by atoms with van der Waals surface area (Å²) in [6.07, 6.45) is 3.25. The maximum atomic E-state index is 13.6. The Morgan fingerprint density at radius 3 is 2.50 bits per heavy atom. The maximum absolute atomic E-state index is 13.6. The van der Waals surface area contributed by atoms with Gasteiger partial charge in [-0.15, -0.1) is 0 Å². The molecule has 0 atom stereocenters.